The summed E-state index contributed by atoms with van der Waals surface area (Å²) in [6, 6.07) is 7.01. The van der Waals surface area contributed by atoms with Crippen molar-refractivity contribution in [3.63, 3.8) is 0 Å². The van der Waals surface area contributed by atoms with Crippen molar-refractivity contribution in [2.24, 2.45) is 0 Å². The predicted octanol–water partition coefficient (Wildman–Crippen LogP) is 1.89. The molecule has 0 fully saturated rings. The zero-order valence-electron chi connectivity index (χ0n) is 11.9. The van der Waals surface area contributed by atoms with Gasteiger partial charge in [0.2, 0.25) is 11.8 Å². The van der Waals surface area contributed by atoms with Crippen LogP contribution in [0.1, 0.15) is 20.8 Å². The molecule has 0 saturated heterocycles. The van der Waals surface area contributed by atoms with Gasteiger partial charge in [-0.3, -0.25) is 14.9 Å². The van der Waals surface area contributed by atoms with Crippen LogP contribution in [0.3, 0.4) is 0 Å². The first kappa shape index (κ1) is 16.7. The Kier molecular flexibility index (Phi) is 6.67. The summed E-state index contributed by atoms with van der Waals surface area (Å²) >= 11 is 3.34. The number of carbonyl (C=O) groups excluding carboxylic acids is 2. The highest BCUT2D eigenvalue weighted by atomic mass is 79.9. The molecule has 0 saturated carbocycles. The predicted molar refractivity (Wildman–Crippen MR) is 83.5 cm³/mol. The van der Waals surface area contributed by atoms with Crippen molar-refractivity contribution in [1.82, 2.24) is 10.6 Å². The van der Waals surface area contributed by atoms with E-state index in [1.807, 2.05) is 32.0 Å². The number of benzene rings is 1. The Morgan fingerprint density at radius 2 is 1.95 bits per heavy atom. The third kappa shape index (κ3) is 6.16. The summed E-state index contributed by atoms with van der Waals surface area (Å²) in [7, 11) is 0. The maximum atomic E-state index is 11.8. The summed E-state index contributed by atoms with van der Waals surface area (Å²) in [6.45, 7) is 5.60. The number of rotatable bonds is 6. The molecule has 20 heavy (non-hydrogen) atoms. The Morgan fingerprint density at radius 3 is 2.55 bits per heavy atom. The van der Waals surface area contributed by atoms with Crippen molar-refractivity contribution in [2.45, 2.75) is 32.9 Å². The fraction of sp³-hybridized carbons (Fsp3) is 0.429. The van der Waals surface area contributed by atoms with Gasteiger partial charge in [-0.05, 0) is 39.0 Å². The summed E-state index contributed by atoms with van der Waals surface area (Å²) in [5.41, 5.74) is 0.713. The Hall–Kier alpha value is -1.40. The van der Waals surface area contributed by atoms with E-state index < -0.39 is 6.04 Å². The van der Waals surface area contributed by atoms with E-state index in [0.29, 0.717) is 5.69 Å². The summed E-state index contributed by atoms with van der Waals surface area (Å²) in [6.07, 6.45) is 0. The molecule has 1 unspecified atom stereocenters. The molecule has 6 heteroatoms. The quantitative estimate of drug-likeness (QED) is 0.739. The second-order valence-electron chi connectivity index (χ2n) is 4.82. The van der Waals surface area contributed by atoms with E-state index in [9.17, 15) is 9.59 Å². The lowest BCUT2D eigenvalue weighted by Crippen LogP contribution is -2.46. The van der Waals surface area contributed by atoms with Crippen LogP contribution in [-0.4, -0.2) is 30.4 Å². The molecule has 1 rings (SSSR count). The molecular weight excluding hydrogens is 322 g/mol. The summed E-state index contributed by atoms with van der Waals surface area (Å²) < 4.78 is 0.896. The van der Waals surface area contributed by atoms with E-state index in [1.165, 1.54) is 0 Å². The highest BCUT2D eigenvalue weighted by Crippen LogP contribution is 2.15. The van der Waals surface area contributed by atoms with E-state index in [0.717, 1.165) is 4.47 Å². The SMILES string of the molecule is CC(C)NC(=O)C(C)NCC(=O)Nc1cccc(Br)c1. The molecule has 0 bridgehead atoms. The smallest absolute Gasteiger partial charge is 0.238 e. The van der Waals surface area contributed by atoms with Gasteiger partial charge in [0.25, 0.3) is 0 Å². The minimum Gasteiger partial charge on any atom is -0.353 e. The second kappa shape index (κ2) is 8.01. The van der Waals surface area contributed by atoms with Crippen LogP contribution in [0.5, 0.6) is 0 Å². The zero-order chi connectivity index (χ0) is 15.1. The van der Waals surface area contributed by atoms with Gasteiger partial charge < -0.3 is 10.6 Å². The van der Waals surface area contributed by atoms with E-state index in [1.54, 1.807) is 13.0 Å². The van der Waals surface area contributed by atoms with Crippen molar-refractivity contribution in [1.29, 1.82) is 0 Å². The van der Waals surface area contributed by atoms with Gasteiger partial charge in [0.1, 0.15) is 0 Å². The van der Waals surface area contributed by atoms with Crippen LogP contribution in [0.15, 0.2) is 28.7 Å². The lowest BCUT2D eigenvalue weighted by Gasteiger charge is -2.15. The first-order valence-corrected chi connectivity index (χ1v) is 7.27. The maximum absolute atomic E-state index is 11.8. The van der Waals surface area contributed by atoms with Crippen LogP contribution >= 0.6 is 15.9 Å². The topological polar surface area (TPSA) is 70.2 Å². The average molecular weight is 342 g/mol. The summed E-state index contributed by atoms with van der Waals surface area (Å²) in [4.78, 5) is 23.4. The molecule has 1 aromatic rings. The van der Waals surface area contributed by atoms with Crippen LogP contribution in [0.2, 0.25) is 0 Å². The molecule has 5 nitrogen and oxygen atoms in total. The van der Waals surface area contributed by atoms with Crippen molar-refractivity contribution in [2.75, 3.05) is 11.9 Å². The van der Waals surface area contributed by atoms with Gasteiger partial charge in [0.05, 0.1) is 12.6 Å². The van der Waals surface area contributed by atoms with E-state index in [4.69, 9.17) is 0 Å². The molecule has 0 aliphatic carbocycles. The minimum atomic E-state index is -0.411. The van der Waals surface area contributed by atoms with Crippen molar-refractivity contribution < 1.29 is 9.59 Å². The Bertz CT molecular complexity index is 477. The zero-order valence-corrected chi connectivity index (χ0v) is 13.5. The molecule has 0 heterocycles. The van der Waals surface area contributed by atoms with Crippen molar-refractivity contribution in [3.05, 3.63) is 28.7 Å². The Morgan fingerprint density at radius 1 is 1.25 bits per heavy atom. The standard InChI is InChI=1S/C14H20BrN3O2/c1-9(2)17-14(20)10(3)16-8-13(19)18-12-6-4-5-11(15)7-12/h4-7,9-10,16H,8H2,1-3H3,(H,17,20)(H,18,19). The fourth-order valence-corrected chi connectivity index (χ4v) is 1.92. The van der Waals surface area contributed by atoms with Gasteiger partial charge in [0, 0.05) is 16.2 Å². The van der Waals surface area contributed by atoms with Crippen LogP contribution in [-0.2, 0) is 9.59 Å². The lowest BCUT2D eigenvalue weighted by molar-refractivity contribution is -0.123. The van der Waals surface area contributed by atoms with E-state index in [-0.39, 0.29) is 24.4 Å². The number of amides is 2. The molecule has 110 valence electrons. The van der Waals surface area contributed by atoms with E-state index >= 15 is 0 Å². The third-order valence-electron chi connectivity index (χ3n) is 2.50. The van der Waals surface area contributed by atoms with Crippen LogP contribution in [0, 0.1) is 0 Å². The largest absolute Gasteiger partial charge is 0.353 e. The van der Waals surface area contributed by atoms with Gasteiger partial charge in [-0.1, -0.05) is 22.0 Å². The van der Waals surface area contributed by atoms with Crippen molar-refractivity contribution >= 4 is 33.4 Å². The fourth-order valence-electron chi connectivity index (χ4n) is 1.52. The molecular formula is C14H20BrN3O2. The normalized spacial score (nSPS) is 12.1. The summed E-state index contributed by atoms with van der Waals surface area (Å²) in [5, 5.41) is 8.43. The van der Waals surface area contributed by atoms with Gasteiger partial charge in [-0.15, -0.1) is 0 Å². The molecule has 0 aliphatic heterocycles. The molecule has 0 radical (unpaired) electrons. The number of carbonyl (C=O) groups is 2. The molecule has 3 N–H and O–H groups in total. The van der Waals surface area contributed by atoms with Gasteiger partial charge in [-0.2, -0.15) is 0 Å². The average Bonchev–Trinajstić information content (AvgIpc) is 2.35. The van der Waals surface area contributed by atoms with Gasteiger partial charge >= 0.3 is 0 Å². The van der Waals surface area contributed by atoms with Crippen molar-refractivity contribution in [3.8, 4) is 0 Å². The molecule has 0 spiro atoms. The Balaban J connectivity index is 2.38. The number of nitrogens with one attached hydrogen (secondary N) is 3. The molecule has 2 amide bonds. The molecule has 0 aliphatic rings. The summed E-state index contributed by atoms with van der Waals surface area (Å²) in [5.74, 6) is -0.303. The highest BCUT2D eigenvalue weighted by molar-refractivity contribution is 9.10. The number of halogens is 1. The minimum absolute atomic E-state index is 0.0825. The molecule has 0 aromatic heterocycles. The highest BCUT2D eigenvalue weighted by Gasteiger charge is 2.14. The number of anilines is 1. The van der Waals surface area contributed by atoms with Crippen LogP contribution in [0.25, 0.3) is 0 Å². The van der Waals surface area contributed by atoms with Crippen LogP contribution < -0.4 is 16.0 Å². The number of hydrogen-bond acceptors (Lipinski definition) is 3. The van der Waals surface area contributed by atoms with Gasteiger partial charge in [0.15, 0.2) is 0 Å². The first-order valence-electron chi connectivity index (χ1n) is 6.47. The maximum Gasteiger partial charge on any atom is 0.238 e. The van der Waals surface area contributed by atoms with Gasteiger partial charge in [-0.25, -0.2) is 0 Å². The molecule has 1 atom stereocenters. The number of hydrogen-bond donors (Lipinski definition) is 3. The van der Waals surface area contributed by atoms with E-state index in [2.05, 4.69) is 31.9 Å². The third-order valence-corrected chi connectivity index (χ3v) is 2.99. The molecule has 1 aromatic carbocycles. The van der Waals surface area contributed by atoms with Crippen LogP contribution in [0.4, 0.5) is 5.69 Å². The monoisotopic (exact) mass is 341 g/mol. The second-order valence-corrected chi connectivity index (χ2v) is 5.74. The Labute approximate surface area is 127 Å². The lowest BCUT2D eigenvalue weighted by atomic mass is 10.2. The first-order chi connectivity index (χ1) is 9.38.